The number of esters is 1. The molecule has 7 nitrogen and oxygen atoms in total. The van der Waals surface area contributed by atoms with Gasteiger partial charge >= 0.3 is 5.97 Å². The lowest BCUT2D eigenvalue weighted by atomic mass is 10.1. The van der Waals surface area contributed by atoms with Crippen molar-refractivity contribution < 1.29 is 29.6 Å². The van der Waals surface area contributed by atoms with Crippen LogP contribution in [0.25, 0.3) is 6.08 Å². The van der Waals surface area contributed by atoms with Crippen LogP contribution in [0.2, 0.25) is 0 Å². The van der Waals surface area contributed by atoms with Gasteiger partial charge in [-0.3, -0.25) is 4.79 Å². The van der Waals surface area contributed by atoms with Gasteiger partial charge in [0.2, 0.25) is 5.91 Å². The summed E-state index contributed by atoms with van der Waals surface area (Å²) in [5.74, 6) is -0.330. The molecule has 242 valence electrons. The molecule has 1 aromatic rings. The summed E-state index contributed by atoms with van der Waals surface area (Å²) in [5.41, 5.74) is 2.72. The molecule has 0 aliphatic heterocycles. The lowest BCUT2D eigenvalue weighted by molar-refractivity contribution is -0.141. The fourth-order valence-corrected chi connectivity index (χ4v) is 4.66. The van der Waals surface area contributed by atoms with Gasteiger partial charge in [-0.2, -0.15) is 0 Å². The second-order valence-electron chi connectivity index (χ2n) is 11.5. The van der Waals surface area contributed by atoms with E-state index in [-0.39, 0.29) is 44.1 Å². The maximum Gasteiger partial charge on any atom is 0.330 e. The predicted molar refractivity (Wildman–Crippen MR) is 176 cm³/mol. The molecule has 0 heterocycles. The van der Waals surface area contributed by atoms with Gasteiger partial charge < -0.3 is 25.0 Å². The van der Waals surface area contributed by atoms with Crippen LogP contribution in [0.1, 0.15) is 115 Å². The first-order chi connectivity index (χ1) is 20.8. The van der Waals surface area contributed by atoms with Gasteiger partial charge in [-0.25, -0.2) is 4.79 Å². The Kier molecular flexibility index (Phi) is 21.8. The van der Waals surface area contributed by atoms with Gasteiger partial charge in [0.25, 0.3) is 0 Å². The molecule has 0 spiro atoms. The van der Waals surface area contributed by atoms with Crippen molar-refractivity contribution in [2.45, 2.75) is 117 Å². The highest BCUT2D eigenvalue weighted by Gasteiger charge is 2.13. The minimum Gasteiger partial charge on any atom is -0.508 e. The zero-order valence-corrected chi connectivity index (χ0v) is 26.9. The zero-order chi connectivity index (χ0) is 31.7. The number of hydrogen-bond acceptors (Lipinski definition) is 6. The summed E-state index contributed by atoms with van der Waals surface area (Å²) in [6, 6.07) is 5.18. The fraction of sp³-hybridized carbons (Fsp3) is 0.611. The number of allylic oxidation sites excluding steroid dienone is 3. The fourth-order valence-electron chi connectivity index (χ4n) is 4.66. The Morgan fingerprint density at radius 3 is 2.47 bits per heavy atom. The molecule has 43 heavy (non-hydrogen) atoms. The van der Waals surface area contributed by atoms with Gasteiger partial charge in [-0.15, -0.1) is 0 Å². The number of carbonyl (C=O) groups excluding carboxylic acids is 2. The van der Waals surface area contributed by atoms with Gasteiger partial charge in [0.1, 0.15) is 12.4 Å². The van der Waals surface area contributed by atoms with E-state index in [0.717, 1.165) is 74.5 Å². The molecule has 0 radical (unpaired) electrons. The van der Waals surface area contributed by atoms with Crippen molar-refractivity contribution in [3.8, 4) is 5.75 Å². The van der Waals surface area contributed by atoms with Crippen molar-refractivity contribution >= 4 is 18.0 Å². The number of benzene rings is 1. The lowest BCUT2D eigenvalue weighted by Crippen LogP contribution is -2.36. The SMILES string of the molecule is CCCCCC[C@H](O)C/C=C\CCCCCCCC(=O)N(CCO)CCOC(=O)/C=C/c1ccc(O)c(CC=C(C)C)c1. The average Bonchev–Trinajstić information content (AvgIpc) is 2.98. The van der Waals surface area contributed by atoms with Crippen LogP contribution in [0.5, 0.6) is 5.75 Å². The molecule has 0 aromatic heterocycles. The van der Waals surface area contributed by atoms with Crippen LogP contribution in [0, 0.1) is 0 Å². The van der Waals surface area contributed by atoms with E-state index in [4.69, 9.17) is 4.74 Å². The van der Waals surface area contributed by atoms with Crippen molar-refractivity contribution in [3.63, 3.8) is 0 Å². The number of aliphatic hydroxyl groups excluding tert-OH is 2. The molecule has 0 aliphatic carbocycles. The number of hydrogen-bond donors (Lipinski definition) is 3. The highest BCUT2D eigenvalue weighted by atomic mass is 16.5. The number of rotatable bonds is 24. The maximum absolute atomic E-state index is 12.6. The highest BCUT2D eigenvalue weighted by molar-refractivity contribution is 5.87. The van der Waals surface area contributed by atoms with E-state index in [1.54, 1.807) is 23.1 Å². The van der Waals surface area contributed by atoms with Crippen LogP contribution in [-0.4, -0.2) is 64.5 Å². The summed E-state index contributed by atoms with van der Waals surface area (Å²) in [4.78, 5) is 26.4. The summed E-state index contributed by atoms with van der Waals surface area (Å²) < 4.78 is 5.28. The largest absolute Gasteiger partial charge is 0.508 e. The van der Waals surface area contributed by atoms with Crippen molar-refractivity contribution in [2.75, 3.05) is 26.3 Å². The van der Waals surface area contributed by atoms with Crippen LogP contribution in [0.3, 0.4) is 0 Å². The van der Waals surface area contributed by atoms with Crippen LogP contribution >= 0.6 is 0 Å². The second kappa shape index (κ2) is 24.5. The molecule has 0 saturated carbocycles. The maximum atomic E-state index is 12.6. The van der Waals surface area contributed by atoms with Crippen molar-refractivity contribution in [3.05, 3.63) is 59.2 Å². The molecule has 0 fully saturated rings. The molecule has 1 amide bonds. The first kappa shape index (κ1) is 38.1. The molecule has 0 saturated heterocycles. The molecule has 3 N–H and O–H groups in total. The Balaban J connectivity index is 2.24. The van der Waals surface area contributed by atoms with Gasteiger partial charge in [-0.1, -0.05) is 81.7 Å². The van der Waals surface area contributed by atoms with E-state index in [0.29, 0.717) is 12.8 Å². The molecule has 1 atom stereocenters. The summed E-state index contributed by atoms with van der Waals surface area (Å²) in [5, 5.41) is 29.4. The molecule has 0 bridgehead atoms. The monoisotopic (exact) mass is 599 g/mol. The molecular formula is C36H57NO6. The third kappa shape index (κ3) is 19.8. The zero-order valence-electron chi connectivity index (χ0n) is 26.9. The van der Waals surface area contributed by atoms with Crippen molar-refractivity contribution in [1.29, 1.82) is 0 Å². The molecule has 1 rings (SSSR count). The van der Waals surface area contributed by atoms with E-state index in [2.05, 4.69) is 19.1 Å². The van der Waals surface area contributed by atoms with E-state index in [9.17, 15) is 24.9 Å². The Labute approximate surface area is 260 Å². The van der Waals surface area contributed by atoms with E-state index in [1.165, 1.54) is 25.3 Å². The number of unbranched alkanes of at least 4 members (excludes halogenated alkanes) is 8. The van der Waals surface area contributed by atoms with Crippen LogP contribution in [-0.2, 0) is 20.7 Å². The first-order valence-corrected chi connectivity index (χ1v) is 16.3. The first-order valence-electron chi connectivity index (χ1n) is 16.3. The summed E-state index contributed by atoms with van der Waals surface area (Å²) >= 11 is 0. The predicted octanol–water partition coefficient (Wildman–Crippen LogP) is 7.29. The summed E-state index contributed by atoms with van der Waals surface area (Å²) in [6.07, 6.45) is 22.6. The number of phenols is 1. The van der Waals surface area contributed by atoms with Crippen molar-refractivity contribution in [1.82, 2.24) is 4.90 Å². The summed E-state index contributed by atoms with van der Waals surface area (Å²) in [7, 11) is 0. The average molecular weight is 600 g/mol. The molecule has 7 heteroatoms. The van der Waals surface area contributed by atoms with Crippen molar-refractivity contribution in [2.24, 2.45) is 0 Å². The molecule has 0 aliphatic rings. The number of amides is 1. The topological polar surface area (TPSA) is 107 Å². The number of carbonyl (C=O) groups is 2. The Morgan fingerprint density at radius 1 is 0.977 bits per heavy atom. The van der Waals surface area contributed by atoms with Gasteiger partial charge in [0.15, 0.2) is 0 Å². The van der Waals surface area contributed by atoms with E-state index in [1.807, 2.05) is 26.0 Å². The molecule has 1 aromatic carbocycles. The normalized spacial score (nSPS) is 12.1. The van der Waals surface area contributed by atoms with Gasteiger partial charge in [-0.05, 0) is 81.7 Å². The third-order valence-corrected chi connectivity index (χ3v) is 7.30. The minimum atomic E-state index is -0.510. The van der Waals surface area contributed by atoms with Crippen LogP contribution in [0.15, 0.2) is 48.1 Å². The quantitative estimate of drug-likeness (QED) is 0.0499. The second-order valence-corrected chi connectivity index (χ2v) is 11.5. The van der Waals surface area contributed by atoms with Gasteiger partial charge in [0.05, 0.1) is 19.3 Å². The summed E-state index contributed by atoms with van der Waals surface area (Å²) in [6.45, 7) is 6.57. The lowest BCUT2D eigenvalue weighted by Gasteiger charge is -2.21. The number of nitrogens with zero attached hydrogens (tertiary/aromatic N) is 1. The Morgan fingerprint density at radius 2 is 1.72 bits per heavy atom. The standard InChI is InChI=1S/C36H57NO6/c1-4-5-6-13-16-33(39)17-14-11-9-7-8-10-12-15-18-35(41)37(25-27-38)26-28-43-36(42)24-21-31-20-23-34(40)32(29-31)22-19-30(2)3/h11,14,19-21,23-24,29,33,38-40H,4-10,12-13,15-18,22,25-28H2,1-3H3/b14-11-,24-21+/t33-/m0/s1. The molecular weight excluding hydrogens is 542 g/mol. The Bertz CT molecular complexity index is 995. The molecule has 0 unspecified atom stereocenters. The number of phenolic OH excluding ortho intramolecular Hbond substituents is 1. The number of aliphatic hydroxyl groups is 2. The van der Waals surface area contributed by atoms with Crippen LogP contribution in [0.4, 0.5) is 0 Å². The Hall–Kier alpha value is -2.90. The van der Waals surface area contributed by atoms with E-state index >= 15 is 0 Å². The number of aromatic hydroxyl groups is 1. The third-order valence-electron chi connectivity index (χ3n) is 7.30. The van der Waals surface area contributed by atoms with Crippen LogP contribution < -0.4 is 0 Å². The highest BCUT2D eigenvalue weighted by Crippen LogP contribution is 2.21. The smallest absolute Gasteiger partial charge is 0.330 e. The number of ether oxygens (including phenoxy) is 1. The van der Waals surface area contributed by atoms with Gasteiger partial charge in [0, 0.05) is 19.0 Å². The van der Waals surface area contributed by atoms with E-state index < -0.39 is 5.97 Å². The minimum absolute atomic E-state index is 0.0372.